The molecule has 5 heteroatoms. The minimum atomic E-state index is -1.12. The van der Waals surface area contributed by atoms with E-state index in [1.54, 1.807) is 19.1 Å². The molecule has 0 bridgehead atoms. The minimum absolute atomic E-state index is 0.0769. The van der Waals surface area contributed by atoms with E-state index in [0.717, 1.165) is 15.0 Å². The van der Waals surface area contributed by atoms with Gasteiger partial charge < -0.3 is 15.2 Å². The Labute approximate surface area is 144 Å². The second-order valence-electron chi connectivity index (χ2n) is 5.80. The third-order valence-corrected chi connectivity index (χ3v) is 5.07. The molecule has 0 saturated heterocycles. The molecule has 2 N–H and O–H groups in total. The van der Waals surface area contributed by atoms with Crippen LogP contribution in [0.1, 0.15) is 11.8 Å². The van der Waals surface area contributed by atoms with Gasteiger partial charge in [-0.3, -0.25) is 4.79 Å². The van der Waals surface area contributed by atoms with E-state index >= 15 is 0 Å². The number of carbonyl (C=O) groups is 1. The van der Waals surface area contributed by atoms with Crippen LogP contribution in [-0.2, 0) is 10.4 Å². The van der Waals surface area contributed by atoms with Crippen molar-refractivity contribution >= 4 is 27.3 Å². The number of benzene rings is 2. The number of rotatable bonds is 6. The fraction of sp³-hybridized carbons (Fsp3) is 0.211. The monoisotopic (exact) mass is 341 g/mol. The Hall–Kier alpha value is -2.37. The maximum Gasteiger partial charge on any atom is 0.258 e. The smallest absolute Gasteiger partial charge is 0.258 e. The molecule has 1 heterocycles. The average Bonchev–Trinajstić information content (AvgIpc) is 3.04. The number of nitrogens with one attached hydrogen (secondary N) is 1. The van der Waals surface area contributed by atoms with Crippen LogP contribution >= 0.6 is 11.3 Å². The summed E-state index contributed by atoms with van der Waals surface area (Å²) in [6, 6.07) is 19.1. The van der Waals surface area contributed by atoms with E-state index < -0.39 is 5.60 Å². The van der Waals surface area contributed by atoms with Crippen molar-refractivity contribution in [1.82, 2.24) is 5.32 Å². The summed E-state index contributed by atoms with van der Waals surface area (Å²) in [4.78, 5) is 12.7. The second-order valence-corrected chi connectivity index (χ2v) is 6.88. The number of amides is 1. The molecule has 0 radical (unpaired) electrons. The molecular formula is C19H19NO3S. The summed E-state index contributed by atoms with van der Waals surface area (Å²) in [7, 11) is 0. The zero-order valence-corrected chi connectivity index (χ0v) is 14.2. The molecule has 0 saturated carbocycles. The highest BCUT2D eigenvalue weighted by molar-refractivity contribution is 7.19. The number of ether oxygens (including phenoxy) is 1. The molecular weight excluding hydrogens is 322 g/mol. The summed E-state index contributed by atoms with van der Waals surface area (Å²) in [5.74, 6) is 0.379. The van der Waals surface area contributed by atoms with Gasteiger partial charge in [-0.05, 0) is 36.6 Å². The zero-order valence-electron chi connectivity index (χ0n) is 13.4. The SMILES string of the molecule is C[C@](O)(CNC(=O)COc1ccccc1)c1cc2ccccc2s1. The maximum atomic E-state index is 11.9. The highest BCUT2D eigenvalue weighted by atomic mass is 32.1. The topological polar surface area (TPSA) is 58.6 Å². The van der Waals surface area contributed by atoms with E-state index in [9.17, 15) is 9.90 Å². The summed E-state index contributed by atoms with van der Waals surface area (Å²) in [6.07, 6.45) is 0. The molecule has 0 aliphatic heterocycles. The van der Waals surface area contributed by atoms with Crippen LogP contribution in [-0.4, -0.2) is 24.2 Å². The Morgan fingerprint density at radius 3 is 2.62 bits per heavy atom. The van der Waals surface area contributed by atoms with E-state index in [2.05, 4.69) is 5.32 Å². The number of hydrogen-bond acceptors (Lipinski definition) is 4. The normalized spacial score (nSPS) is 13.4. The van der Waals surface area contributed by atoms with Crippen molar-refractivity contribution in [3.8, 4) is 5.75 Å². The lowest BCUT2D eigenvalue weighted by atomic mass is 10.0. The van der Waals surface area contributed by atoms with E-state index in [4.69, 9.17) is 4.74 Å². The summed E-state index contributed by atoms with van der Waals surface area (Å²) >= 11 is 1.53. The van der Waals surface area contributed by atoms with Gasteiger partial charge in [0.05, 0.1) is 6.54 Å². The zero-order chi connectivity index (χ0) is 17.0. The molecule has 1 amide bonds. The van der Waals surface area contributed by atoms with Crippen LogP contribution in [0, 0.1) is 0 Å². The Morgan fingerprint density at radius 1 is 1.17 bits per heavy atom. The van der Waals surface area contributed by atoms with Gasteiger partial charge in [-0.15, -0.1) is 11.3 Å². The van der Waals surface area contributed by atoms with Gasteiger partial charge in [-0.1, -0.05) is 36.4 Å². The molecule has 0 aliphatic rings. The van der Waals surface area contributed by atoms with Crippen molar-refractivity contribution in [1.29, 1.82) is 0 Å². The number of para-hydroxylation sites is 1. The molecule has 124 valence electrons. The molecule has 3 rings (SSSR count). The van der Waals surface area contributed by atoms with Crippen LogP contribution in [0.15, 0.2) is 60.7 Å². The van der Waals surface area contributed by atoms with Crippen LogP contribution in [0.25, 0.3) is 10.1 Å². The van der Waals surface area contributed by atoms with E-state index in [0.29, 0.717) is 5.75 Å². The fourth-order valence-electron chi connectivity index (χ4n) is 2.32. The van der Waals surface area contributed by atoms with Crippen LogP contribution < -0.4 is 10.1 Å². The molecule has 0 unspecified atom stereocenters. The first-order chi connectivity index (χ1) is 11.5. The van der Waals surface area contributed by atoms with Gasteiger partial charge in [0.25, 0.3) is 5.91 Å². The lowest BCUT2D eigenvalue weighted by Gasteiger charge is -2.22. The summed E-state index contributed by atoms with van der Waals surface area (Å²) < 4.78 is 6.51. The average molecular weight is 341 g/mol. The maximum absolute atomic E-state index is 11.9. The minimum Gasteiger partial charge on any atom is -0.484 e. The summed E-state index contributed by atoms with van der Waals surface area (Å²) in [5.41, 5.74) is -1.12. The third-order valence-electron chi connectivity index (χ3n) is 3.70. The Kier molecular flexibility index (Phi) is 4.83. The molecule has 4 nitrogen and oxygen atoms in total. The first-order valence-corrected chi connectivity index (χ1v) is 8.52. The predicted octanol–water partition coefficient (Wildman–Crippen LogP) is 3.30. The standard InChI is InChI=1S/C19H19NO3S/c1-19(22,17-11-14-7-5-6-10-16(14)24-17)13-20-18(21)12-23-15-8-3-2-4-9-15/h2-11,22H,12-13H2,1H3,(H,20,21)/t19-/m0/s1. The number of aliphatic hydroxyl groups is 1. The Morgan fingerprint density at radius 2 is 1.88 bits per heavy atom. The van der Waals surface area contributed by atoms with Crippen LogP contribution in [0.2, 0.25) is 0 Å². The van der Waals surface area contributed by atoms with E-state index in [-0.39, 0.29) is 19.1 Å². The van der Waals surface area contributed by atoms with Gasteiger partial charge in [0.1, 0.15) is 11.4 Å². The Bertz CT molecular complexity index is 794. The fourth-order valence-corrected chi connectivity index (χ4v) is 3.43. The van der Waals surface area contributed by atoms with Gasteiger partial charge in [0.2, 0.25) is 0 Å². The van der Waals surface area contributed by atoms with Crippen molar-refractivity contribution in [2.24, 2.45) is 0 Å². The quantitative estimate of drug-likeness (QED) is 0.723. The van der Waals surface area contributed by atoms with E-state index in [1.165, 1.54) is 11.3 Å². The van der Waals surface area contributed by atoms with Crippen molar-refractivity contribution in [3.63, 3.8) is 0 Å². The largest absolute Gasteiger partial charge is 0.484 e. The second kappa shape index (κ2) is 7.03. The van der Waals surface area contributed by atoms with Gasteiger partial charge >= 0.3 is 0 Å². The van der Waals surface area contributed by atoms with Gasteiger partial charge in [0.15, 0.2) is 6.61 Å². The van der Waals surface area contributed by atoms with Crippen molar-refractivity contribution in [2.75, 3.05) is 13.2 Å². The van der Waals surface area contributed by atoms with E-state index in [1.807, 2.05) is 48.5 Å². The van der Waals surface area contributed by atoms with Crippen molar-refractivity contribution < 1.29 is 14.6 Å². The molecule has 3 aromatic rings. The lowest BCUT2D eigenvalue weighted by Crippen LogP contribution is -2.40. The van der Waals surface area contributed by atoms with Gasteiger partial charge in [0, 0.05) is 9.58 Å². The first kappa shape index (κ1) is 16.5. The number of hydrogen-bond donors (Lipinski definition) is 2. The highest BCUT2D eigenvalue weighted by Gasteiger charge is 2.26. The molecule has 0 fully saturated rings. The van der Waals surface area contributed by atoms with Gasteiger partial charge in [-0.25, -0.2) is 0 Å². The molecule has 1 aromatic heterocycles. The summed E-state index contributed by atoms with van der Waals surface area (Å²) in [5, 5.41) is 14.5. The first-order valence-electron chi connectivity index (χ1n) is 7.70. The molecule has 24 heavy (non-hydrogen) atoms. The highest BCUT2D eigenvalue weighted by Crippen LogP contribution is 2.32. The molecule has 2 aromatic carbocycles. The molecule has 1 atom stereocenters. The van der Waals surface area contributed by atoms with Crippen molar-refractivity contribution in [2.45, 2.75) is 12.5 Å². The Balaban J connectivity index is 1.57. The number of carbonyl (C=O) groups excluding carboxylic acids is 1. The van der Waals surface area contributed by atoms with Gasteiger partial charge in [-0.2, -0.15) is 0 Å². The predicted molar refractivity (Wildman–Crippen MR) is 96.3 cm³/mol. The number of fused-ring (bicyclic) bond motifs is 1. The molecule has 0 aliphatic carbocycles. The van der Waals surface area contributed by atoms with Crippen LogP contribution in [0.3, 0.4) is 0 Å². The van der Waals surface area contributed by atoms with Crippen LogP contribution in [0.4, 0.5) is 0 Å². The van der Waals surface area contributed by atoms with Crippen LogP contribution in [0.5, 0.6) is 5.75 Å². The number of thiophene rings is 1. The third kappa shape index (κ3) is 3.93. The van der Waals surface area contributed by atoms with Crippen molar-refractivity contribution in [3.05, 3.63) is 65.5 Å². The lowest BCUT2D eigenvalue weighted by molar-refractivity contribution is -0.124. The summed E-state index contributed by atoms with van der Waals surface area (Å²) in [6.45, 7) is 1.76. The molecule has 0 spiro atoms.